The lowest BCUT2D eigenvalue weighted by Crippen LogP contribution is -2.33. The summed E-state index contributed by atoms with van der Waals surface area (Å²) in [5.74, 6) is 2.52. The minimum Gasteiger partial charge on any atom is -0.481 e. The van der Waals surface area contributed by atoms with Crippen molar-refractivity contribution in [3.8, 4) is 5.88 Å². The van der Waals surface area contributed by atoms with E-state index in [-0.39, 0.29) is 5.91 Å². The molecule has 2 aromatic heterocycles. The van der Waals surface area contributed by atoms with Gasteiger partial charge in [0.05, 0.1) is 18.0 Å². The number of carbonyl (C=O) groups is 1. The number of rotatable bonds is 4. The van der Waals surface area contributed by atoms with E-state index in [2.05, 4.69) is 32.2 Å². The van der Waals surface area contributed by atoms with E-state index in [1.165, 1.54) is 6.33 Å². The average molecular weight is 380 g/mol. The molecule has 146 valence electrons. The maximum atomic E-state index is 12.7. The summed E-state index contributed by atoms with van der Waals surface area (Å²) in [5.41, 5.74) is 1.22. The molecule has 1 amide bonds. The van der Waals surface area contributed by atoms with Crippen LogP contribution in [0.25, 0.3) is 10.9 Å². The fourth-order valence-corrected chi connectivity index (χ4v) is 3.57. The molecule has 1 aliphatic rings. The van der Waals surface area contributed by atoms with E-state index < -0.39 is 0 Å². The Kier molecular flexibility index (Phi) is 4.85. The first-order chi connectivity index (χ1) is 13.5. The van der Waals surface area contributed by atoms with Crippen LogP contribution in [0.3, 0.4) is 0 Å². The van der Waals surface area contributed by atoms with Crippen molar-refractivity contribution in [1.82, 2.24) is 19.7 Å². The van der Waals surface area contributed by atoms with Crippen molar-refractivity contribution in [3.63, 3.8) is 0 Å². The predicted octanol–water partition coefficient (Wildman–Crippen LogP) is 2.86. The number of nitrogens with one attached hydrogen (secondary N) is 1. The van der Waals surface area contributed by atoms with Crippen LogP contribution in [0.2, 0.25) is 0 Å². The Balaban J connectivity index is 1.52. The van der Waals surface area contributed by atoms with Crippen molar-refractivity contribution in [3.05, 3.63) is 36.2 Å². The standard InChI is InChI=1S/C20H24N6O2/c1-13-6-8-26(9-7-13)18-11-17(21-12-22-18)23-19(27)14-4-5-15-16(10-14)24-25(2)20(15)28-3/h4-5,10-13H,6-9H2,1-3H3,(H,21,22,23,27). The number of amides is 1. The highest BCUT2D eigenvalue weighted by Crippen LogP contribution is 2.26. The molecule has 1 N–H and O–H groups in total. The summed E-state index contributed by atoms with van der Waals surface area (Å²) in [6, 6.07) is 7.18. The van der Waals surface area contributed by atoms with Gasteiger partial charge in [0.15, 0.2) is 0 Å². The van der Waals surface area contributed by atoms with E-state index in [1.54, 1.807) is 23.9 Å². The molecule has 0 spiro atoms. The predicted molar refractivity (Wildman–Crippen MR) is 108 cm³/mol. The van der Waals surface area contributed by atoms with Gasteiger partial charge in [0.2, 0.25) is 5.88 Å². The normalized spacial score (nSPS) is 15.0. The zero-order valence-corrected chi connectivity index (χ0v) is 16.3. The fraction of sp³-hybridized carbons (Fsp3) is 0.400. The molecule has 3 heterocycles. The summed E-state index contributed by atoms with van der Waals surface area (Å²) in [4.78, 5) is 23.5. The van der Waals surface area contributed by atoms with Crippen LogP contribution in [0.15, 0.2) is 30.6 Å². The molecule has 28 heavy (non-hydrogen) atoms. The average Bonchev–Trinajstić information content (AvgIpc) is 3.02. The molecule has 0 unspecified atom stereocenters. The summed E-state index contributed by atoms with van der Waals surface area (Å²) in [7, 11) is 3.41. The molecule has 0 aliphatic carbocycles. The van der Waals surface area contributed by atoms with Crippen LogP contribution in [0, 0.1) is 5.92 Å². The van der Waals surface area contributed by atoms with E-state index in [9.17, 15) is 4.79 Å². The summed E-state index contributed by atoms with van der Waals surface area (Å²) < 4.78 is 7.01. The van der Waals surface area contributed by atoms with Crippen LogP contribution < -0.4 is 15.0 Å². The number of piperidine rings is 1. The fourth-order valence-electron chi connectivity index (χ4n) is 3.57. The third kappa shape index (κ3) is 3.49. The summed E-state index contributed by atoms with van der Waals surface area (Å²) in [5, 5.41) is 8.12. The van der Waals surface area contributed by atoms with Crippen molar-refractivity contribution >= 4 is 28.4 Å². The van der Waals surface area contributed by atoms with E-state index in [1.807, 2.05) is 19.2 Å². The van der Waals surface area contributed by atoms with Crippen LogP contribution in [0.5, 0.6) is 5.88 Å². The quantitative estimate of drug-likeness (QED) is 0.749. The minimum atomic E-state index is -0.233. The molecule has 1 aliphatic heterocycles. The Morgan fingerprint density at radius 1 is 1.21 bits per heavy atom. The lowest BCUT2D eigenvalue weighted by Gasteiger charge is -2.31. The number of nitrogens with zero attached hydrogens (tertiary/aromatic N) is 5. The molecule has 1 saturated heterocycles. The molecule has 1 aromatic carbocycles. The number of hydrogen-bond acceptors (Lipinski definition) is 6. The number of aromatic nitrogens is 4. The van der Waals surface area contributed by atoms with Crippen LogP contribution in [-0.4, -0.2) is 45.9 Å². The van der Waals surface area contributed by atoms with Crippen LogP contribution >= 0.6 is 0 Å². The maximum Gasteiger partial charge on any atom is 0.256 e. The van der Waals surface area contributed by atoms with Gasteiger partial charge < -0.3 is 15.0 Å². The second kappa shape index (κ2) is 7.46. The van der Waals surface area contributed by atoms with Gasteiger partial charge >= 0.3 is 0 Å². The van der Waals surface area contributed by atoms with E-state index in [0.717, 1.165) is 43.1 Å². The topological polar surface area (TPSA) is 85.2 Å². The molecule has 0 radical (unpaired) electrons. The van der Waals surface area contributed by atoms with Gasteiger partial charge in [-0.25, -0.2) is 14.6 Å². The molecule has 0 atom stereocenters. The van der Waals surface area contributed by atoms with Gasteiger partial charge in [-0.1, -0.05) is 6.92 Å². The Morgan fingerprint density at radius 3 is 2.75 bits per heavy atom. The van der Waals surface area contributed by atoms with Crippen LogP contribution in [-0.2, 0) is 7.05 Å². The number of anilines is 2. The third-order valence-electron chi connectivity index (χ3n) is 5.24. The zero-order valence-electron chi connectivity index (χ0n) is 16.3. The number of fused-ring (bicyclic) bond motifs is 1. The smallest absolute Gasteiger partial charge is 0.256 e. The molecule has 0 bridgehead atoms. The molecule has 0 saturated carbocycles. The summed E-state index contributed by atoms with van der Waals surface area (Å²) in [6.07, 6.45) is 3.80. The minimum absolute atomic E-state index is 0.233. The second-order valence-corrected chi connectivity index (χ2v) is 7.25. The molecule has 3 aromatic rings. The third-order valence-corrected chi connectivity index (χ3v) is 5.24. The molecular formula is C20H24N6O2. The van der Waals surface area contributed by atoms with Gasteiger partial charge in [-0.15, -0.1) is 0 Å². The summed E-state index contributed by atoms with van der Waals surface area (Å²) >= 11 is 0. The monoisotopic (exact) mass is 380 g/mol. The molecule has 8 nitrogen and oxygen atoms in total. The lowest BCUT2D eigenvalue weighted by molar-refractivity contribution is 0.102. The lowest BCUT2D eigenvalue weighted by atomic mass is 9.99. The Hall–Kier alpha value is -3.16. The van der Waals surface area contributed by atoms with Crippen LogP contribution in [0.4, 0.5) is 11.6 Å². The van der Waals surface area contributed by atoms with E-state index >= 15 is 0 Å². The summed E-state index contributed by atoms with van der Waals surface area (Å²) in [6.45, 7) is 4.23. The van der Waals surface area contributed by atoms with Crippen molar-refractivity contribution in [2.45, 2.75) is 19.8 Å². The molecule has 4 rings (SSSR count). The van der Waals surface area contributed by atoms with Crippen molar-refractivity contribution < 1.29 is 9.53 Å². The first kappa shape index (κ1) is 18.2. The molecule has 8 heteroatoms. The SMILES string of the molecule is COc1c2ccc(C(=O)Nc3cc(N4CCC(C)CC4)ncn3)cc2nn1C. The zero-order chi connectivity index (χ0) is 19.7. The first-order valence-corrected chi connectivity index (χ1v) is 9.44. The van der Waals surface area contributed by atoms with E-state index in [0.29, 0.717) is 22.8 Å². The van der Waals surface area contributed by atoms with E-state index in [4.69, 9.17) is 4.74 Å². The number of methoxy groups -OCH3 is 1. The van der Waals surface area contributed by atoms with Crippen molar-refractivity contribution in [2.24, 2.45) is 13.0 Å². The van der Waals surface area contributed by atoms with Gasteiger partial charge in [0.1, 0.15) is 18.0 Å². The molecule has 1 fully saturated rings. The first-order valence-electron chi connectivity index (χ1n) is 9.44. The van der Waals surface area contributed by atoms with Gasteiger partial charge in [-0.05, 0) is 37.0 Å². The second-order valence-electron chi connectivity index (χ2n) is 7.25. The number of carbonyl (C=O) groups excluding carboxylic acids is 1. The van der Waals surface area contributed by atoms with Crippen molar-refractivity contribution in [1.29, 1.82) is 0 Å². The highest BCUT2D eigenvalue weighted by atomic mass is 16.5. The number of hydrogen-bond donors (Lipinski definition) is 1. The number of aryl methyl sites for hydroxylation is 1. The maximum absolute atomic E-state index is 12.7. The number of benzene rings is 1. The number of ether oxygens (including phenoxy) is 1. The van der Waals surface area contributed by atoms with Gasteiger partial charge in [-0.3, -0.25) is 4.79 Å². The van der Waals surface area contributed by atoms with Gasteiger partial charge in [0, 0.05) is 31.8 Å². The highest BCUT2D eigenvalue weighted by molar-refractivity contribution is 6.06. The van der Waals surface area contributed by atoms with Crippen molar-refractivity contribution in [2.75, 3.05) is 30.4 Å². The largest absolute Gasteiger partial charge is 0.481 e. The van der Waals surface area contributed by atoms with Crippen LogP contribution in [0.1, 0.15) is 30.1 Å². The Morgan fingerprint density at radius 2 is 2.00 bits per heavy atom. The molecular weight excluding hydrogens is 356 g/mol. The Bertz CT molecular complexity index is 1010. The van der Waals surface area contributed by atoms with Gasteiger partial charge in [0.25, 0.3) is 5.91 Å². The highest BCUT2D eigenvalue weighted by Gasteiger charge is 2.18. The van der Waals surface area contributed by atoms with Gasteiger partial charge in [-0.2, -0.15) is 5.10 Å². The Labute approximate surface area is 163 Å².